The van der Waals surface area contributed by atoms with Crippen LogP contribution in [0.25, 0.3) is 66.5 Å². The maximum Gasteiger partial charge on any atom is 0.136 e. The first-order valence-electron chi connectivity index (χ1n) is 25.4. The van der Waals surface area contributed by atoms with Gasteiger partial charge in [0.15, 0.2) is 0 Å². The molecular formula is C69H49NO. The Labute approximate surface area is 414 Å². The Morgan fingerprint density at radius 1 is 0.493 bits per heavy atom. The summed E-state index contributed by atoms with van der Waals surface area (Å²) in [4.78, 5) is 2.44. The van der Waals surface area contributed by atoms with Gasteiger partial charge in [0, 0.05) is 33.8 Å². The van der Waals surface area contributed by atoms with Gasteiger partial charge < -0.3 is 9.32 Å². The molecule has 336 valence electrons. The van der Waals surface area contributed by atoms with Crippen molar-refractivity contribution in [1.29, 1.82) is 0 Å². The summed E-state index contributed by atoms with van der Waals surface area (Å²) in [6.45, 7) is 2.44. The Morgan fingerprint density at radius 3 is 2.03 bits per heavy atom. The number of nitrogens with zero attached hydrogens (tertiary/aromatic N) is 1. The minimum Gasteiger partial charge on any atom is -0.456 e. The molecule has 1 spiro atoms. The minimum absolute atomic E-state index is 0.340. The average molecular weight is 908 g/mol. The second-order valence-corrected chi connectivity index (χ2v) is 20.3. The molecule has 0 N–H and O–H groups in total. The summed E-state index contributed by atoms with van der Waals surface area (Å²) >= 11 is 0. The second-order valence-electron chi connectivity index (χ2n) is 20.3. The molecule has 15 rings (SSSR count). The van der Waals surface area contributed by atoms with Crippen LogP contribution in [-0.2, 0) is 11.8 Å². The normalized spacial score (nSPS) is 19.0. The van der Waals surface area contributed by atoms with Crippen molar-refractivity contribution < 1.29 is 4.42 Å². The Kier molecular flexibility index (Phi) is 8.84. The maximum absolute atomic E-state index is 6.33. The van der Waals surface area contributed by atoms with Gasteiger partial charge in [-0.3, -0.25) is 0 Å². The fourth-order valence-electron chi connectivity index (χ4n) is 13.5. The number of furan rings is 1. The van der Waals surface area contributed by atoms with Crippen molar-refractivity contribution in [2.24, 2.45) is 5.92 Å². The Morgan fingerprint density at radius 2 is 1.17 bits per heavy atom. The fourth-order valence-corrected chi connectivity index (χ4v) is 13.5. The van der Waals surface area contributed by atoms with Crippen molar-refractivity contribution in [3.8, 4) is 33.4 Å². The SMILES string of the molecule is CC1CC=CC2=C1C1(c3ccccc32)c2ccccc2-c2cccc(-c3cccc(N(c4ccc(-c5ccc6c(c5)oc5ccccc56)cc4)c4ccc(C5C=CC6=C(Cc7ccccc76)C5)cc4)c3)c21. The Balaban J connectivity index is 0.855. The lowest BCUT2D eigenvalue weighted by molar-refractivity contribution is 0.592. The van der Waals surface area contributed by atoms with Gasteiger partial charge in [-0.15, -0.1) is 0 Å². The van der Waals surface area contributed by atoms with Gasteiger partial charge in [-0.05, 0) is 169 Å². The molecule has 5 aliphatic carbocycles. The number of allylic oxidation sites excluding steroid dienone is 8. The average Bonchev–Trinajstić information content (AvgIpc) is 4.16. The lowest BCUT2D eigenvalue weighted by Crippen LogP contribution is -2.31. The van der Waals surface area contributed by atoms with Crippen molar-refractivity contribution in [1.82, 2.24) is 0 Å². The van der Waals surface area contributed by atoms with E-state index in [1.807, 2.05) is 12.1 Å². The molecule has 0 saturated heterocycles. The molecule has 3 atom stereocenters. The van der Waals surface area contributed by atoms with Crippen LogP contribution >= 0.6 is 0 Å². The largest absolute Gasteiger partial charge is 0.456 e. The third-order valence-electron chi connectivity index (χ3n) is 16.5. The third kappa shape index (κ3) is 5.95. The highest BCUT2D eigenvalue weighted by Crippen LogP contribution is 2.66. The molecule has 0 radical (unpaired) electrons. The van der Waals surface area contributed by atoms with E-state index in [1.165, 1.54) is 77.9 Å². The number of fused-ring (bicyclic) bond motifs is 14. The molecule has 0 fully saturated rings. The number of para-hydroxylation sites is 1. The standard InChI is InChI=1S/C69H49NO/c1-43-13-10-22-61-57-18-4-7-24-63(57)69(67(43)61)64-25-8-5-19-58(64)62-23-12-21-56(68(62)69)49-15-11-16-53(41-49)70(51-33-27-44(28-34-51)46-31-37-55-50(39-46)40-48-14-2-3-17-54(48)55)52-35-29-45(30-36-52)47-32-38-60-59-20-6-9-26-65(59)71-66(60)42-47/h2-12,14-38,41-43,46H,13,39-40H2,1H3. The van der Waals surface area contributed by atoms with Crippen LogP contribution in [0.5, 0.6) is 0 Å². The van der Waals surface area contributed by atoms with Crippen molar-refractivity contribution in [3.05, 3.63) is 281 Å². The van der Waals surface area contributed by atoms with E-state index in [1.54, 1.807) is 5.57 Å². The molecule has 0 bridgehead atoms. The lowest BCUT2D eigenvalue weighted by Gasteiger charge is -2.37. The van der Waals surface area contributed by atoms with Crippen LogP contribution in [0, 0.1) is 5.92 Å². The molecule has 0 aliphatic heterocycles. The molecule has 3 unspecified atom stereocenters. The molecule has 2 nitrogen and oxygen atoms in total. The highest BCUT2D eigenvalue weighted by atomic mass is 16.3. The van der Waals surface area contributed by atoms with E-state index in [0.717, 1.165) is 69.4 Å². The fraction of sp³-hybridized carbons (Fsp3) is 0.101. The van der Waals surface area contributed by atoms with Crippen molar-refractivity contribution in [3.63, 3.8) is 0 Å². The zero-order valence-electron chi connectivity index (χ0n) is 39.6. The summed E-state index contributed by atoms with van der Waals surface area (Å²) in [5.74, 6) is 0.729. The van der Waals surface area contributed by atoms with Crippen LogP contribution in [0.2, 0.25) is 0 Å². The third-order valence-corrected chi connectivity index (χ3v) is 16.5. The molecule has 9 aromatic carbocycles. The molecular weight excluding hydrogens is 859 g/mol. The quantitative estimate of drug-likeness (QED) is 0.165. The highest BCUT2D eigenvalue weighted by molar-refractivity contribution is 6.06. The summed E-state index contributed by atoms with van der Waals surface area (Å²) in [6.07, 6.45) is 12.7. The van der Waals surface area contributed by atoms with Gasteiger partial charge in [0.1, 0.15) is 11.2 Å². The van der Waals surface area contributed by atoms with Crippen LogP contribution in [0.3, 0.4) is 0 Å². The first-order valence-corrected chi connectivity index (χ1v) is 25.4. The predicted molar refractivity (Wildman–Crippen MR) is 294 cm³/mol. The van der Waals surface area contributed by atoms with Gasteiger partial charge in [-0.1, -0.05) is 188 Å². The smallest absolute Gasteiger partial charge is 0.136 e. The zero-order valence-corrected chi connectivity index (χ0v) is 39.6. The summed E-state index contributed by atoms with van der Waals surface area (Å²) in [5, 5.41) is 2.29. The topological polar surface area (TPSA) is 16.4 Å². The molecule has 1 aromatic heterocycles. The van der Waals surface area contributed by atoms with E-state index in [-0.39, 0.29) is 0 Å². The minimum atomic E-state index is -0.392. The second kappa shape index (κ2) is 15.5. The van der Waals surface area contributed by atoms with Crippen molar-refractivity contribution >= 4 is 50.1 Å². The molecule has 71 heavy (non-hydrogen) atoms. The molecule has 10 aromatic rings. The summed E-state index contributed by atoms with van der Waals surface area (Å²) in [7, 11) is 0. The molecule has 5 aliphatic rings. The van der Waals surface area contributed by atoms with Crippen LogP contribution in [0.4, 0.5) is 17.1 Å². The number of anilines is 3. The van der Waals surface area contributed by atoms with E-state index < -0.39 is 5.41 Å². The van der Waals surface area contributed by atoms with Crippen molar-refractivity contribution in [2.75, 3.05) is 4.90 Å². The van der Waals surface area contributed by atoms with E-state index in [2.05, 4.69) is 230 Å². The van der Waals surface area contributed by atoms with Gasteiger partial charge in [0.25, 0.3) is 0 Å². The predicted octanol–water partition coefficient (Wildman–Crippen LogP) is 18.1. The van der Waals surface area contributed by atoms with Gasteiger partial charge in [0.2, 0.25) is 0 Å². The molecule has 0 amide bonds. The van der Waals surface area contributed by atoms with Crippen molar-refractivity contribution in [2.45, 2.75) is 37.5 Å². The lowest BCUT2D eigenvalue weighted by atomic mass is 9.64. The monoisotopic (exact) mass is 907 g/mol. The summed E-state index contributed by atoms with van der Waals surface area (Å²) in [6, 6.07) is 77.0. The van der Waals surface area contributed by atoms with Crippen LogP contribution in [0.1, 0.15) is 64.6 Å². The number of hydrogen-bond acceptors (Lipinski definition) is 2. The Bertz CT molecular complexity index is 3990. The van der Waals surface area contributed by atoms with Gasteiger partial charge >= 0.3 is 0 Å². The number of benzene rings is 9. The summed E-state index contributed by atoms with van der Waals surface area (Å²) in [5.41, 5.74) is 27.9. The Hall–Kier alpha value is -8.46. The van der Waals surface area contributed by atoms with Gasteiger partial charge in [-0.2, -0.15) is 0 Å². The zero-order chi connectivity index (χ0) is 46.8. The highest BCUT2D eigenvalue weighted by Gasteiger charge is 2.55. The molecule has 0 saturated carbocycles. The van der Waals surface area contributed by atoms with Crippen LogP contribution in [-0.4, -0.2) is 0 Å². The van der Waals surface area contributed by atoms with Crippen LogP contribution < -0.4 is 4.90 Å². The number of rotatable bonds is 6. The van der Waals surface area contributed by atoms with E-state index >= 15 is 0 Å². The molecule has 2 heteroatoms. The van der Waals surface area contributed by atoms with Gasteiger partial charge in [0.05, 0.1) is 5.41 Å². The van der Waals surface area contributed by atoms with E-state index in [0.29, 0.717) is 11.8 Å². The first-order chi connectivity index (χ1) is 35.1. The summed E-state index contributed by atoms with van der Waals surface area (Å²) < 4.78 is 6.33. The van der Waals surface area contributed by atoms with E-state index in [9.17, 15) is 0 Å². The van der Waals surface area contributed by atoms with Gasteiger partial charge in [-0.25, -0.2) is 0 Å². The first kappa shape index (κ1) is 40.4. The molecule has 1 heterocycles. The maximum atomic E-state index is 6.33. The van der Waals surface area contributed by atoms with Crippen LogP contribution in [0.15, 0.2) is 246 Å². The van der Waals surface area contributed by atoms with E-state index in [4.69, 9.17) is 4.42 Å². The number of hydrogen-bond donors (Lipinski definition) is 0.